The second-order valence-corrected chi connectivity index (χ2v) is 6.82. The van der Waals surface area contributed by atoms with Gasteiger partial charge in [-0.25, -0.2) is 0 Å². The third-order valence-electron chi connectivity index (χ3n) is 4.35. The van der Waals surface area contributed by atoms with Gasteiger partial charge in [0.2, 0.25) is 0 Å². The molecule has 5 nitrogen and oxygen atoms in total. The summed E-state index contributed by atoms with van der Waals surface area (Å²) < 4.78 is 5.35. The van der Waals surface area contributed by atoms with E-state index in [1.807, 2.05) is 34.5 Å². The number of nitrogens with zero attached hydrogens (tertiary/aromatic N) is 2. The molecule has 0 bridgehead atoms. The molecule has 2 aromatic rings. The van der Waals surface area contributed by atoms with Crippen LogP contribution >= 0.6 is 11.3 Å². The molecule has 3 heterocycles. The second-order valence-electron chi connectivity index (χ2n) is 5.91. The van der Waals surface area contributed by atoms with Crippen molar-refractivity contribution in [1.29, 1.82) is 0 Å². The molecule has 0 aliphatic carbocycles. The van der Waals surface area contributed by atoms with Crippen molar-refractivity contribution in [3.8, 4) is 5.75 Å². The number of nitrogens with one attached hydrogen (secondary N) is 1. The number of rotatable bonds is 5. The summed E-state index contributed by atoms with van der Waals surface area (Å²) in [6, 6.07) is 7.91. The molecular formula is C18H23N3O2S. The highest BCUT2D eigenvalue weighted by Gasteiger charge is 2.28. The van der Waals surface area contributed by atoms with Crippen LogP contribution in [0.1, 0.15) is 34.6 Å². The van der Waals surface area contributed by atoms with Gasteiger partial charge in [0.1, 0.15) is 10.6 Å². The first kappa shape index (κ1) is 16.9. The van der Waals surface area contributed by atoms with E-state index < -0.39 is 0 Å². The van der Waals surface area contributed by atoms with Crippen molar-refractivity contribution in [1.82, 2.24) is 15.2 Å². The Balaban J connectivity index is 1.87. The van der Waals surface area contributed by atoms with E-state index >= 15 is 0 Å². The van der Waals surface area contributed by atoms with Crippen molar-refractivity contribution < 1.29 is 9.53 Å². The minimum atomic E-state index is 0.0411. The number of carbonyl (C=O) groups is 1. The molecular weight excluding hydrogens is 322 g/mol. The number of aromatic nitrogens is 1. The normalized spacial score (nSPS) is 18.0. The van der Waals surface area contributed by atoms with Gasteiger partial charge in [0.05, 0.1) is 19.3 Å². The highest BCUT2D eigenvalue weighted by atomic mass is 32.1. The Labute approximate surface area is 146 Å². The van der Waals surface area contributed by atoms with Crippen LogP contribution in [0.5, 0.6) is 5.75 Å². The molecule has 6 heteroatoms. The molecule has 1 amide bonds. The Kier molecular flexibility index (Phi) is 5.82. The maximum absolute atomic E-state index is 13.2. The number of hydrogen-bond acceptors (Lipinski definition) is 5. The first-order chi connectivity index (χ1) is 11.8. The third kappa shape index (κ3) is 3.94. The van der Waals surface area contributed by atoms with Crippen LogP contribution in [-0.2, 0) is 6.54 Å². The highest BCUT2D eigenvalue weighted by molar-refractivity contribution is 7.12. The maximum Gasteiger partial charge on any atom is 0.268 e. The van der Waals surface area contributed by atoms with Crippen LogP contribution in [0.15, 0.2) is 35.8 Å². The predicted molar refractivity (Wildman–Crippen MR) is 95.5 cm³/mol. The number of thiophene rings is 1. The summed E-state index contributed by atoms with van der Waals surface area (Å²) in [5.74, 6) is 0.696. The summed E-state index contributed by atoms with van der Waals surface area (Å²) in [4.78, 5) is 20.3. The molecule has 1 aliphatic heterocycles. The van der Waals surface area contributed by atoms with Crippen molar-refractivity contribution in [2.24, 2.45) is 0 Å². The molecule has 1 saturated heterocycles. The van der Waals surface area contributed by atoms with Crippen LogP contribution in [0.2, 0.25) is 0 Å². The van der Waals surface area contributed by atoms with E-state index in [0.29, 0.717) is 17.2 Å². The lowest BCUT2D eigenvalue weighted by Crippen LogP contribution is -2.40. The number of amides is 1. The summed E-state index contributed by atoms with van der Waals surface area (Å²) in [7, 11) is 1.61. The second kappa shape index (κ2) is 8.26. The van der Waals surface area contributed by atoms with Crippen LogP contribution < -0.4 is 10.1 Å². The van der Waals surface area contributed by atoms with Gasteiger partial charge in [-0.05, 0) is 55.9 Å². The van der Waals surface area contributed by atoms with E-state index in [4.69, 9.17) is 4.74 Å². The molecule has 0 spiro atoms. The van der Waals surface area contributed by atoms with E-state index in [9.17, 15) is 4.79 Å². The highest BCUT2D eigenvalue weighted by Crippen LogP contribution is 2.28. The van der Waals surface area contributed by atoms with E-state index in [1.165, 1.54) is 11.3 Å². The lowest BCUT2D eigenvalue weighted by atomic mass is 10.1. The summed E-state index contributed by atoms with van der Waals surface area (Å²) in [6.07, 6.45) is 4.84. The van der Waals surface area contributed by atoms with Crippen molar-refractivity contribution in [2.45, 2.75) is 31.8 Å². The fourth-order valence-corrected chi connectivity index (χ4v) is 3.90. The monoisotopic (exact) mass is 345 g/mol. The topological polar surface area (TPSA) is 54.5 Å². The first-order valence-corrected chi connectivity index (χ1v) is 9.20. The molecule has 0 aromatic carbocycles. The molecule has 128 valence electrons. The molecule has 1 aliphatic rings. The van der Waals surface area contributed by atoms with Gasteiger partial charge < -0.3 is 15.0 Å². The lowest BCUT2D eigenvalue weighted by Gasteiger charge is -2.30. The fraction of sp³-hybridized carbons (Fsp3) is 0.444. The van der Waals surface area contributed by atoms with Crippen LogP contribution in [-0.4, -0.2) is 42.0 Å². The molecule has 0 radical (unpaired) electrons. The van der Waals surface area contributed by atoms with Crippen molar-refractivity contribution in [3.63, 3.8) is 0 Å². The number of carbonyl (C=O) groups excluding carboxylic acids is 1. The van der Waals surface area contributed by atoms with Gasteiger partial charge in [0.25, 0.3) is 5.91 Å². The predicted octanol–water partition coefficient (Wildman–Crippen LogP) is 2.94. The standard InChI is InChI=1S/C18H23N3O2S/c1-23-16-8-12-24-17(16)18(22)21(13-14-5-2-3-10-20-14)15-6-4-9-19-11-7-15/h2-3,5,8,10,12,15,19H,4,6-7,9,11,13H2,1H3. The summed E-state index contributed by atoms with van der Waals surface area (Å²) in [6.45, 7) is 2.49. The van der Waals surface area contributed by atoms with E-state index in [0.717, 1.165) is 38.0 Å². The summed E-state index contributed by atoms with van der Waals surface area (Å²) in [5.41, 5.74) is 0.915. The molecule has 1 atom stereocenters. The average molecular weight is 345 g/mol. The fourth-order valence-electron chi connectivity index (χ4n) is 3.09. The van der Waals surface area contributed by atoms with Crippen LogP contribution in [0, 0.1) is 0 Å². The quantitative estimate of drug-likeness (QED) is 0.905. The number of ether oxygens (including phenoxy) is 1. The average Bonchev–Trinajstić information content (AvgIpc) is 2.94. The van der Waals surface area contributed by atoms with E-state index in [2.05, 4.69) is 10.3 Å². The summed E-state index contributed by atoms with van der Waals surface area (Å²) in [5, 5.41) is 5.32. The number of pyridine rings is 1. The molecule has 1 fully saturated rings. The molecule has 1 N–H and O–H groups in total. The maximum atomic E-state index is 13.2. The molecule has 24 heavy (non-hydrogen) atoms. The van der Waals surface area contributed by atoms with Crippen molar-refractivity contribution in [3.05, 3.63) is 46.4 Å². The minimum absolute atomic E-state index is 0.0411. The molecule has 1 unspecified atom stereocenters. The van der Waals surface area contributed by atoms with Gasteiger partial charge in [-0.15, -0.1) is 11.3 Å². The van der Waals surface area contributed by atoms with Crippen molar-refractivity contribution >= 4 is 17.2 Å². The van der Waals surface area contributed by atoms with Crippen LogP contribution in [0.25, 0.3) is 0 Å². The molecule has 3 rings (SSSR count). The number of methoxy groups -OCH3 is 1. The smallest absolute Gasteiger partial charge is 0.268 e. The Morgan fingerprint density at radius 1 is 1.38 bits per heavy atom. The lowest BCUT2D eigenvalue weighted by molar-refractivity contribution is 0.0644. The Morgan fingerprint density at radius 3 is 3.08 bits per heavy atom. The minimum Gasteiger partial charge on any atom is -0.495 e. The van der Waals surface area contributed by atoms with Crippen LogP contribution in [0.4, 0.5) is 0 Å². The zero-order valence-corrected chi connectivity index (χ0v) is 14.7. The Hall–Kier alpha value is -1.92. The van der Waals surface area contributed by atoms with Crippen LogP contribution in [0.3, 0.4) is 0 Å². The first-order valence-electron chi connectivity index (χ1n) is 8.32. The number of hydrogen-bond donors (Lipinski definition) is 1. The van der Waals surface area contributed by atoms with Crippen molar-refractivity contribution in [2.75, 3.05) is 20.2 Å². The molecule has 0 saturated carbocycles. The summed E-state index contributed by atoms with van der Waals surface area (Å²) >= 11 is 1.44. The zero-order chi connectivity index (χ0) is 16.8. The van der Waals surface area contributed by atoms with E-state index in [1.54, 1.807) is 13.3 Å². The Morgan fingerprint density at radius 2 is 2.29 bits per heavy atom. The Bertz CT molecular complexity index is 651. The van der Waals surface area contributed by atoms with Gasteiger partial charge in [-0.1, -0.05) is 6.07 Å². The largest absolute Gasteiger partial charge is 0.495 e. The molecule has 2 aromatic heterocycles. The van der Waals surface area contributed by atoms with Gasteiger partial charge >= 0.3 is 0 Å². The van der Waals surface area contributed by atoms with Gasteiger partial charge in [-0.3, -0.25) is 9.78 Å². The zero-order valence-electron chi connectivity index (χ0n) is 13.9. The van der Waals surface area contributed by atoms with E-state index in [-0.39, 0.29) is 11.9 Å². The van der Waals surface area contributed by atoms with Gasteiger partial charge in [0.15, 0.2) is 0 Å². The SMILES string of the molecule is COc1ccsc1C(=O)N(Cc1ccccn1)C1CCCNCC1. The third-order valence-corrected chi connectivity index (χ3v) is 5.23. The van der Waals surface area contributed by atoms with Gasteiger partial charge in [0, 0.05) is 12.2 Å². The van der Waals surface area contributed by atoms with Gasteiger partial charge in [-0.2, -0.15) is 0 Å².